The number of hydrogen-bond acceptors (Lipinski definition) is 2. The molecule has 0 fully saturated rings. The van der Waals surface area contributed by atoms with Crippen LogP contribution in [0.2, 0.25) is 0 Å². The van der Waals surface area contributed by atoms with Crippen molar-refractivity contribution in [1.82, 2.24) is 9.55 Å². The van der Waals surface area contributed by atoms with E-state index in [9.17, 15) is 4.39 Å². The summed E-state index contributed by atoms with van der Waals surface area (Å²) in [6.07, 6.45) is 0.543. The Bertz CT molecular complexity index is 517. The van der Waals surface area contributed by atoms with Gasteiger partial charge in [-0.3, -0.25) is 0 Å². The molecule has 2 aromatic rings. The Hall–Kier alpha value is -1.68. The fourth-order valence-corrected chi connectivity index (χ4v) is 1.84. The smallest absolute Gasteiger partial charge is 0.140 e. The highest BCUT2D eigenvalue weighted by Crippen LogP contribution is 2.21. The molecule has 17 heavy (non-hydrogen) atoms. The van der Waals surface area contributed by atoms with Gasteiger partial charge in [0.15, 0.2) is 0 Å². The van der Waals surface area contributed by atoms with Crippen molar-refractivity contribution in [3.05, 3.63) is 41.5 Å². The third-order valence-corrected chi connectivity index (χ3v) is 2.93. The number of aliphatic hydroxyl groups excluding tert-OH is 1. The van der Waals surface area contributed by atoms with E-state index in [4.69, 9.17) is 5.11 Å². The number of hydrogen-bond donors (Lipinski definition) is 1. The van der Waals surface area contributed by atoms with Gasteiger partial charge in [-0.1, -0.05) is 0 Å². The van der Waals surface area contributed by atoms with E-state index >= 15 is 0 Å². The molecule has 0 atom stereocenters. The molecule has 1 aromatic heterocycles. The van der Waals surface area contributed by atoms with Crippen molar-refractivity contribution >= 4 is 0 Å². The van der Waals surface area contributed by atoms with Crippen molar-refractivity contribution in [3.63, 3.8) is 0 Å². The predicted molar refractivity (Wildman–Crippen MR) is 64.1 cm³/mol. The number of aliphatic hydroxyl groups is 1. The largest absolute Gasteiger partial charge is 0.396 e. The summed E-state index contributed by atoms with van der Waals surface area (Å²) < 4.78 is 14.8. The first-order chi connectivity index (χ1) is 8.13. The minimum atomic E-state index is -0.254. The fraction of sp³-hybridized carbons (Fsp3) is 0.308. The molecule has 0 saturated heterocycles. The minimum absolute atomic E-state index is 0.0840. The minimum Gasteiger partial charge on any atom is -0.396 e. The van der Waals surface area contributed by atoms with Gasteiger partial charge >= 0.3 is 0 Å². The number of benzene rings is 1. The number of halogens is 1. The average molecular weight is 234 g/mol. The van der Waals surface area contributed by atoms with E-state index in [-0.39, 0.29) is 12.4 Å². The van der Waals surface area contributed by atoms with Gasteiger partial charge in [-0.2, -0.15) is 0 Å². The molecule has 0 aliphatic rings. The SMILES string of the molecule is Cc1c(CCO)nc(-c2ccc(F)cc2)n1C. The van der Waals surface area contributed by atoms with Gasteiger partial charge < -0.3 is 9.67 Å². The lowest BCUT2D eigenvalue weighted by molar-refractivity contribution is 0.298. The van der Waals surface area contributed by atoms with Gasteiger partial charge in [0.05, 0.1) is 5.69 Å². The summed E-state index contributed by atoms with van der Waals surface area (Å²) in [5.74, 6) is 0.543. The van der Waals surface area contributed by atoms with Crippen molar-refractivity contribution < 1.29 is 9.50 Å². The molecule has 90 valence electrons. The third-order valence-electron chi connectivity index (χ3n) is 2.93. The standard InChI is InChI=1S/C13H15FN2O/c1-9-12(7-8-17)15-13(16(9)2)10-3-5-11(14)6-4-10/h3-6,17H,7-8H2,1-2H3. The summed E-state index contributed by atoms with van der Waals surface area (Å²) in [6.45, 7) is 2.05. The molecule has 0 aliphatic heterocycles. The maximum Gasteiger partial charge on any atom is 0.140 e. The molecule has 3 nitrogen and oxygen atoms in total. The van der Waals surface area contributed by atoms with Crippen LogP contribution in [0.4, 0.5) is 4.39 Å². The Balaban J connectivity index is 2.45. The summed E-state index contributed by atoms with van der Waals surface area (Å²) in [7, 11) is 1.92. The highest BCUT2D eigenvalue weighted by molar-refractivity contribution is 5.56. The van der Waals surface area contributed by atoms with Gasteiger partial charge in [0.25, 0.3) is 0 Å². The third kappa shape index (κ3) is 2.22. The van der Waals surface area contributed by atoms with Crippen LogP contribution in [0.15, 0.2) is 24.3 Å². The first kappa shape index (κ1) is 11.8. The molecular formula is C13H15FN2O. The maximum absolute atomic E-state index is 12.8. The second kappa shape index (κ2) is 4.67. The number of rotatable bonds is 3. The van der Waals surface area contributed by atoms with Crippen LogP contribution in [0.3, 0.4) is 0 Å². The summed E-state index contributed by atoms with van der Waals surface area (Å²) in [5, 5.41) is 8.95. The lowest BCUT2D eigenvalue weighted by atomic mass is 10.2. The lowest BCUT2D eigenvalue weighted by Crippen LogP contribution is -1.96. The molecule has 4 heteroatoms. The Kier molecular flexibility index (Phi) is 3.24. The van der Waals surface area contributed by atoms with Gasteiger partial charge in [-0.25, -0.2) is 9.37 Å². The first-order valence-corrected chi connectivity index (χ1v) is 5.52. The maximum atomic E-state index is 12.8. The molecule has 0 unspecified atom stereocenters. The summed E-state index contributed by atoms with van der Waals surface area (Å²) in [6, 6.07) is 6.26. The number of nitrogens with zero attached hydrogens (tertiary/aromatic N) is 2. The quantitative estimate of drug-likeness (QED) is 0.882. The molecular weight excluding hydrogens is 219 g/mol. The first-order valence-electron chi connectivity index (χ1n) is 5.52. The molecule has 1 aromatic carbocycles. The van der Waals surface area contributed by atoms with Crippen LogP contribution in [0.1, 0.15) is 11.4 Å². The van der Waals surface area contributed by atoms with E-state index in [1.54, 1.807) is 12.1 Å². The molecule has 2 rings (SSSR count). The topological polar surface area (TPSA) is 38.1 Å². The van der Waals surface area contributed by atoms with Gasteiger partial charge in [0.1, 0.15) is 11.6 Å². The lowest BCUT2D eigenvalue weighted by Gasteiger charge is -2.02. The van der Waals surface area contributed by atoms with Crippen LogP contribution in [-0.2, 0) is 13.5 Å². The monoisotopic (exact) mass is 234 g/mol. The molecule has 0 amide bonds. The van der Waals surface area contributed by atoms with Crippen LogP contribution in [-0.4, -0.2) is 21.3 Å². The van der Waals surface area contributed by atoms with Gasteiger partial charge in [0.2, 0.25) is 0 Å². The van der Waals surface area contributed by atoms with E-state index in [0.29, 0.717) is 6.42 Å². The average Bonchev–Trinajstić information content (AvgIpc) is 2.59. The zero-order valence-corrected chi connectivity index (χ0v) is 9.94. The van der Waals surface area contributed by atoms with Crippen molar-refractivity contribution in [3.8, 4) is 11.4 Å². The van der Waals surface area contributed by atoms with Crippen LogP contribution in [0.25, 0.3) is 11.4 Å². The molecule has 1 heterocycles. The summed E-state index contributed by atoms with van der Waals surface area (Å²) in [4.78, 5) is 4.48. The molecule has 0 spiro atoms. The Morgan fingerprint density at radius 2 is 1.94 bits per heavy atom. The van der Waals surface area contributed by atoms with Gasteiger partial charge in [-0.05, 0) is 31.2 Å². The fourth-order valence-electron chi connectivity index (χ4n) is 1.84. The number of imidazole rings is 1. The van der Waals surface area contributed by atoms with Crippen LogP contribution in [0, 0.1) is 12.7 Å². The molecule has 1 N–H and O–H groups in total. The Morgan fingerprint density at radius 3 is 2.53 bits per heavy atom. The van der Waals surface area contributed by atoms with Crippen molar-refractivity contribution in [1.29, 1.82) is 0 Å². The van der Waals surface area contributed by atoms with Crippen LogP contribution in [0.5, 0.6) is 0 Å². The number of aromatic nitrogens is 2. The van der Waals surface area contributed by atoms with Crippen LogP contribution >= 0.6 is 0 Å². The van der Waals surface area contributed by atoms with E-state index in [2.05, 4.69) is 4.98 Å². The normalized spacial score (nSPS) is 10.8. The summed E-state index contributed by atoms with van der Waals surface area (Å²) in [5.41, 5.74) is 2.79. The van der Waals surface area contributed by atoms with Crippen molar-refractivity contribution in [2.75, 3.05) is 6.61 Å². The van der Waals surface area contributed by atoms with Crippen molar-refractivity contribution in [2.45, 2.75) is 13.3 Å². The van der Waals surface area contributed by atoms with Crippen LogP contribution < -0.4 is 0 Å². The van der Waals surface area contributed by atoms with Gasteiger partial charge in [-0.15, -0.1) is 0 Å². The predicted octanol–water partition coefficient (Wildman–Crippen LogP) is 2.07. The molecule has 0 bridgehead atoms. The molecule has 0 aliphatic carbocycles. The highest BCUT2D eigenvalue weighted by atomic mass is 19.1. The van der Waals surface area contributed by atoms with E-state index in [0.717, 1.165) is 22.8 Å². The zero-order valence-electron chi connectivity index (χ0n) is 9.94. The highest BCUT2D eigenvalue weighted by Gasteiger charge is 2.12. The van der Waals surface area contributed by atoms with E-state index < -0.39 is 0 Å². The van der Waals surface area contributed by atoms with E-state index in [1.807, 2.05) is 18.5 Å². The summed E-state index contributed by atoms with van der Waals surface area (Å²) >= 11 is 0. The van der Waals surface area contributed by atoms with E-state index in [1.165, 1.54) is 12.1 Å². The van der Waals surface area contributed by atoms with Gasteiger partial charge in [0, 0.05) is 31.3 Å². The Labute approximate surface area is 99.5 Å². The zero-order chi connectivity index (χ0) is 12.4. The van der Waals surface area contributed by atoms with Crippen molar-refractivity contribution in [2.24, 2.45) is 7.05 Å². The molecule has 0 radical (unpaired) electrons. The Morgan fingerprint density at radius 1 is 1.29 bits per heavy atom. The molecule has 0 saturated carbocycles. The second-order valence-electron chi connectivity index (χ2n) is 4.01. The second-order valence-corrected chi connectivity index (χ2v) is 4.01.